The largest absolute Gasteiger partial charge is 0.394 e. The Bertz CT molecular complexity index is 292. The molecule has 0 unspecified atom stereocenters. The number of hydrogen-bond acceptors (Lipinski definition) is 2. The Balaban J connectivity index is 2.39. The van der Waals surface area contributed by atoms with Gasteiger partial charge in [0, 0.05) is 13.2 Å². The molecule has 0 radical (unpaired) electrons. The molecule has 0 bridgehead atoms. The average molecular weight is 236 g/mol. The summed E-state index contributed by atoms with van der Waals surface area (Å²) < 4.78 is 11.1. The molecule has 0 heterocycles. The molecule has 0 saturated carbocycles. The fourth-order valence-corrected chi connectivity index (χ4v) is 2.75. The Labute approximate surface area is 99.7 Å². The van der Waals surface area contributed by atoms with Crippen LogP contribution in [0, 0.1) is 0 Å². The molecule has 1 aromatic rings. The van der Waals surface area contributed by atoms with Crippen molar-refractivity contribution in [2.45, 2.75) is 20.3 Å². The smallest absolute Gasteiger partial charge is 0.348 e. The molecule has 0 aliphatic heterocycles. The summed E-state index contributed by atoms with van der Waals surface area (Å²) in [5, 5.41) is 0. The standard InChI is InChI=1S/C13H20O2Si/c1-3-14-16(15-4-2)12-8-11-13-9-6-5-7-10-13/h5-10,12,16H,3-4,11H2,1-2H3. The van der Waals surface area contributed by atoms with E-state index in [-0.39, 0.29) is 0 Å². The Hall–Kier alpha value is -0.903. The van der Waals surface area contributed by atoms with Gasteiger partial charge < -0.3 is 8.85 Å². The first kappa shape index (κ1) is 13.2. The van der Waals surface area contributed by atoms with Crippen LogP contribution in [0.1, 0.15) is 19.4 Å². The molecule has 0 aliphatic carbocycles. The summed E-state index contributed by atoms with van der Waals surface area (Å²) in [4.78, 5) is 0. The van der Waals surface area contributed by atoms with Crippen molar-refractivity contribution in [1.82, 2.24) is 0 Å². The van der Waals surface area contributed by atoms with E-state index in [0.29, 0.717) is 0 Å². The van der Waals surface area contributed by atoms with Gasteiger partial charge in [0.05, 0.1) is 0 Å². The Kier molecular flexibility index (Phi) is 6.81. The van der Waals surface area contributed by atoms with Gasteiger partial charge in [0.25, 0.3) is 0 Å². The van der Waals surface area contributed by atoms with Crippen LogP contribution in [0.25, 0.3) is 0 Å². The Morgan fingerprint density at radius 1 is 1.06 bits per heavy atom. The van der Waals surface area contributed by atoms with Gasteiger partial charge in [0.1, 0.15) is 0 Å². The number of rotatable bonds is 7. The minimum absolute atomic E-state index is 0.729. The lowest BCUT2D eigenvalue weighted by molar-refractivity contribution is 0.224. The molecule has 0 aliphatic rings. The zero-order valence-electron chi connectivity index (χ0n) is 10.1. The summed E-state index contributed by atoms with van der Waals surface area (Å²) in [6, 6.07) is 10.4. The van der Waals surface area contributed by atoms with Crippen LogP contribution in [0.2, 0.25) is 0 Å². The zero-order valence-corrected chi connectivity index (χ0v) is 11.2. The fraction of sp³-hybridized carbons (Fsp3) is 0.385. The highest BCUT2D eigenvalue weighted by molar-refractivity contribution is 6.50. The number of benzene rings is 1. The lowest BCUT2D eigenvalue weighted by Gasteiger charge is -2.09. The molecule has 0 atom stereocenters. The molecule has 0 spiro atoms. The zero-order chi connectivity index (χ0) is 11.6. The molecule has 0 fully saturated rings. The van der Waals surface area contributed by atoms with Gasteiger partial charge in [-0.1, -0.05) is 36.4 Å². The third kappa shape index (κ3) is 5.26. The van der Waals surface area contributed by atoms with Gasteiger partial charge >= 0.3 is 9.28 Å². The van der Waals surface area contributed by atoms with Crippen molar-refractivity contribution in [3.05, 3.63) is 47.7 Å². The molecule has 0 aromatic heterocycles. The molecule has 88 valence electrons. The molecule has 1 rings (SSSR count). The number of hydrogen-bond donors (Lipinski definition) is 0. The van der Waals surface area contributed by atoms with E-state index in [2.05, 4.69) is 36.0 Å². The van der Waals surface area contributed by atoms with E-state index in [1.54, 1.807) is 0 Å². The molecule has 16 heavy (non-hydrogen) atoms. The predicted octanol–water partition coefficient (Wildman–Crippen LogP) is 2.62. The van der Waals surface area contributed by atoms with Crippen molar-refractivity contribution in [2.24, 2.45) is 0 Å². The van der Waals surface area contributed by atoms with Gasteiger partial charge in [-0.15, -0.1) is 0 Å². The number of allylic oxidation sites excluding steroid dienone is 1. The molecule has 3 heteroatoms. The maximum atomic E-state index is 5.55. The highest BCUT2D eigenvalue weighted by atomic mass is 28.3. The van der Waals surface area contributed by atoms with Crippen LogP contribution in [-0.2, 0) is 15.3 Å². The van der Waals surface area contributed by atoms with Gasteiger partial charge in [-0.2, -0.15) is 0 Å². The predicted molar refractivity (Wildman–Crippen MR) is 69.7 cm³/mol. The topological polar surface area (TPSA) is 18.5 Å². The average Bonchev–Trinajstić information content (AvgIpc) is 2.31. The Morgan fingerprint density at radius 2 is 1.69 bits per heavy atom. The van der Waals surface area contributed by atoms with Gasteiger partial charge in [0.15, 0.2) is 0 Å². The molecule has 2 nitrogen and oxygen atoms in total. The van der Waals surface area contributed by atoms with Gasteiger partial charge in [-0.25, -0.2) is 0 Å². The Morgan fingerprint density at radius 3 is 2.25 bits per heavy atom. The van der Waals surface area contributed by atoms with Crippen molar-refractivity contribution in [3.8, 4) is 0 Å². The van der Waals surface area contributed by atoms with Crippen LogP contribution >= 0.6 is 0 Å². The first-order chi connectivity index (χ1) is 7.86. The highest BCUT2D eigenvalue weighted by Gasteiger charge is 2.05. The van der Waals surface area contributed by atoms with Crippen LogP contribution < -0.4 is 0 Å². The van der Waals surface area contributed by atoms with Crippen molar-refractivity contribution < 1.29 is 8.85 Å². The van der Waals surface area contributed by atoms with Crippen molar-refractivity contribution >= 4 is 9.28 Å². The maximum Gasteiger partial charge on any atom is 0.348 e. The minimum Gasteiger partial charge on any atom is -0.394 e. The van der Waals surface area contributed by atoms with Crippen LogP contribution in [0.4, 0.5) is 0 Å². The van der Waals surface area contributed by atoms with Crippen LogP contribution in [-0.4, -0.2) is 22.5 Å². The van der Waals surface area contributed by atoms with Gasteiger partial charge in [0.2, 0.25) is 0 Å². The monoisotopic (exact) mass is 236 g/mol. The van der Waals surface area contributed by atoms with Crippen molar-refractivity contribution in [1.29, 1.82) is 0 Å². The van der Waals surface area contributed by atoms with Crippen molar-refractivity contribution in [3.63, 3.8) is 0 Å². The van der Waals surface area contributed by atoms with E-state index in [0.717, 1.165) is 19.6 Å². The summed E-state index contributed by atoms with van der Waals surface area (Å²) in [5.41, 5.74) is 3.43. The summed E-state index contributed by atoms with van der Waals surface area (Å²) >= 11 is 0. The van der Waals surface area contributed by atoms with E-state index >= 15 is 0 Å². The second-order valence-electron chi connectivity index (χ2n) is 3.40. The maximum absolute atomic E-state index is 5.55. The highest BCUT2D eigenvalue weighted by Crippen LogP contribution is 2.01. The normalized spacial score (nSPS) is 11.4. The quantitative estimate of drug-likeness (QED) is 0.678. The summed E-state index contributed by atoms with van der Waals surface area (Å²) in [6.45, 7) is 5.47. The van der Waals surface area contributed by atoms with E-state index in [9.17, 15) is 0 Å². The molecule has 0 N–H and O–H groups in total. The van der Waals surface area contributed by atoms with Crippen LogP contribution in [0.3, 0.4) is 0 Å². The first-order valence-electron chi connectivity index (χ1n) is 5.80. The molecular weight excluding hydrogens is 216 g/mol. The van der Waals surface area contributed by atoms with E-state index in [1.165, 1.54) is 5.56 Å². The summed E-state index contributed by atoms with van der Waals surface area (Å²) in [6.07, 6.45) is 3.10. The van der Waals surface area contributed by atoms with E-state index in [4.69, 9.17) is 8.85 Å². The van der Waals surface area contributed by atoms with Crippen LogP contribution in [0.5, 0.6) is 0 Å². The van der Waals surface area contributed by atoms with Gasteiger partial charge in [-0.05, 0) is 31.5 Å². The molecular formula is C13H20O2Si. The summed E-state index contributed by atoms with van der Waals surface area (Å²) in [5.74, 6) is 0. The molecule has 0 amide bonds. The molecule has 0 saturated heterocycles. The lowest BCUT2D eigenvalue weighted by Crippen LogP contribution is -2.20. The lowest BCUT2D eigenvalue weighted by atomic mass is 10.2. The van der Waals surface area contributed by atoms with Crippen molar-refractivity contribution in [2.75, 3.05) is 13.2 Å². The SMILES string of the molecule is CCO[SiH](C=CCc1ccccc1)OCC. The first-order valence-corrected chi connectivity index (χ1v) is 7.41. The second kappa shape index (κ2) is 8.27. The summed E-state index contributed by atoms with van der Waals surface area (Å²) in [7, 11) is -1.56. The van der Waals surface area contributed by atoms with Crippen LogP contribution in [0.15, 0.2) is 42.1 Å². The second-order valence-corrected chi connectivity index (χ2v) is 5.19. The third-order valence-electron chi connectivity index (χ3n) is 2.15. The van der Waals surface area contributed by atoms with E-state index < -0.39 is 9.28 Å². The minimum atomic E-state index is -1.56. The molecule has 1 aromatic carbocycles. The third-order valence-corrected chi connectivity index (χ3v) is 4.06. The van der Waals surface area contributed by atoms with E-state index in [1.807, 2.05) is 19.9 Å². The van der Waals surface area contributed by atoms with Gasteiger partial charge in [-0.3, -0.25) is 0 Å². The fourth-order valence-electron chi connectivity index (χ4n) is 1.42.